The van der Waals surface area contributed by atoms with Gasteiger partial charge < -0.3 is 5.11 Å². The smallest absolute Gasteiger partial charge is 0.296 e. The van der Waals surface area contributed by atoms with E-state index in [0.29, 0.717) is 18.2 Å². The van der Waals surface area contributed by atoms with Crippen LogP contribution in [0.25, 0.3) is 10.8 Å². The Balaban J connectivity index is 2.44. The lowest BCUT2D eigenvalue weighted by molar-refractivity contribution is -0.383. The van der Waals surface area contributed by atoms with E-state index in [1.54, 1.807) is 18.2 Å². The number of non-ortho nitro benzene ring substituents is 1. The van der Waals surface area contributed by atoms with E-state index < -0.39 is 62.8 Å². The van der Waals surface area contributed by atoms with Crippen LogP contribution in [0, 0.1) is 10.1 Å². The summed E-state index contributed by atoms with van der Waals surface area (Å²) in [4.78, 5) is 8.48. The quantitative estimate of drug-likeness (QED) is 0.224. The van der Waals surface area contributed by atoms with Gasteiger partial charge in [0.25, 0.3) is 25.9 Å². The molecule has 0 fully saturated rings. The Bertz CT molecular complexity index is 1420. The van der Waals surface area contributed by atoms with E-state index in [0.717, 1.165) is 0 Å². The van der Waals surface area contributed by atoms with E-state index in [2.05, 4.69) is 10.2 Å². The molecule has 0 unspecified atom stereocenters. The molecule has 14 heteroatoms. The molecule has 0 saturated heterocycles. The molecule has 0 aliphatic carbocycles. The molecule has 0 aliphatic heterocycles. The SMILES string of the molecule is O=[N+]([O-])c1cc(S(=O)(=O)O)cc2cc(S(=O)(=O)O)c(N=Nc3ccccc3)c(O)c12. The number of nitro groups is 1. The lowest BCUT2D eigenvalue weighted by Crippen LogP contribution is -2.03. The highest BCUT2D eigenvalue weighted by atomic mass is 32.2. The molecule has 0 aliphatic rings. The molecular formula is C16H11N3O9S2. The number of hydrogen-bond donors (Lipinski definition) is 3. The maximum Gasteiger partial charge on any atom is 0.296 e. The van der Waals surface area contributed by atoms with Crippen molar-refractivity contribution in [3.05, 3.63) is 58.6 Å². The Morgan fingerprint density at radius 3 is 2.07 bits per heavy atom. The molecule has 0 saturated carbocycles. The Morgan fingerprint density at radius 2 is 1.53 bits per heavy atom. The van der Waals surface area contributed by atoms with Crippen LogP contribution in [-0.4, -0.2) is 36.0 Å². The van der Waals surface area contributed by atoms with Crippen LogP contribution in [0.4, 0.5) is 17.1 Å². The van der Waals surface area contributed by atoms with Gasteiger partial charge in [0, 0.05) is 6.07 Å². The number of azo groups is 1. The molecule has 0 atom stereocenters. The van der Waals surface area contributed by atoms with Gasteiger partial charge in [0.2, 0.25) is 0 Å². The monoisotopic (exact) mass is 453 g/mol. The molecule has 156 valence electrons. The van der Waals surface area contributed by atoms with E-state index in [1.165, 1.54) is 12.1 Å². The van der Waals surface area contributed by atoms with Crippen LogP contribution in [0.15, 0.2) is 68.6 Å². The predicted molar refractivity (Wildman–Crippen MR) is 103 cm³/mol. The van der Waals surface area contributed by atoms with Crippen LogP contribution in [-0.2, 0) is 20.2 Å². The van der Waals surface area contributed by atoms with Gasteiger partial charge in [-0.3, -0.25) is 19.2 Å². The van der Waals surface area contributed by atoms with Crippen molar-refractivity contribution >= 4 is 48.1 Å². The number of aromatic hydroxyl groups is 1. The molecule has 3 N–H and O–H groups in total. The first kappa shape index (κ1) is 21.3. The third-order valence-electron chi connectivity index (χ3n) is 3.90. The fourth-order valence-electron chi connectivity index (χ4n) is 2.63. The fraction of sp³-hybridized carbons (Fsp3) is 0. The van der Waals surface area contributed by atoms with Crippen molar-refractivity contribution in [3.63, 3.8) is 0 Å². The maximum atomic E-state index is 11.8. The predicted octanol–water partition coefficient (Wildman–Crippen LogP) is 3.36. The Kier molecular flexibility index (Phi) is 5.25. The van der Waals surface area contributed by atoms with E-state index >= 15 is 0 Å². The van der Waals surface area contributed by atoms with Crippen LogP contribution in [0.3, 0.4) is 0 Å². The van der Waals surface area contributed by atoms with Crippen molar-refractivity contribution in [2.24, 2.45) is 10.2 Å². The molecule has 3 aromatic carbocycles. The molecule has 30 heavy (non-hydrogen) atoms. The number of rotatable bonds is 5. The average Bonchev–Trinajstić information content (AvgIpc) is 2.65. The van der Waals surface area contributed by atoms with Crippen LogP contribution >= 0.6 is 0 Å². The Labute approximate surface area is 168 Å². The van der Waals surface area contributed by atoms with Gasteiger partial charge in [0.1, 0.15) is 20.9 Å². The van der Waals surface area contributed by atoms with Crippen molar-refractivity contribution in [1.29, 1.82) is 0 Å². The lowest BCUT2D eigenvalue weighted by Gasteiger charge is -2.10. The third-order valence-corrected chi connectivity index (χ3v) is 5.60. The van der Waals surface area contributed by atoms with Crippen molar-refractivity contribution in [2.45, 2.75) is 9.79 Å². The summed E-state index contributed by atoms with van der Waals surface area (Å²) in [6.45, 7) is 0. The summed E-state index contributed by atoms with van der Waals surface area (Å²) >= 11 is 0. The minimum atomic E-state index is -5.03. The minimum absolute atomic E-state index is 0.245. The molecular weight excluding hydrogens is 442 g/mol. The lowest BCUT2D eigenvalue weighted by atomic mass is 10.1. The number of benzene rings is 3. The largest absolute Gasteiger partial charge is 0.505 e. The minimum Gasteiger partial charge on any atom is -0.505 e. The van der Waals surface area contributed by atoms with Gasteiger partial charge in [-0.1, -0.05) is 18.2 Å². The Morgan fingerprint density at radius 1 is 0.900 bits per heavy atom. The topological polar surface area (TPSA) is 197 Å². The third kappa shape index (κ3) is 4.11. The summed E-state index contributed by atoms with van der Waals surface area (Å²) in [5.41, 5.74) is -1.50. The van der Waals surface area contributed by atoms with Crippen molar-refractivity contribution < 1.29 is 36.0 Å². The number of phenols is 1. The van der Waals surface area contributed by atoms with Crippen LogP contribution in [0.5, 0.6) is 5.75 Å². The second kappa shape index (κ2) is 7.42. The number of nitro benzene ring substituents is 1. The molecule has 0 aromatic heterocycles. The van der Waals surface area contributed by atoms with Crippen molar-refractivity contribution in [2.75, 3.05) is 0 Å². The second-order valence-corrected chi connectivity index (χ2v) is 8.67. The Hall–Kier alpha value is -3.46. The zero-order valence-corrected chi connectivity index (χ0v) is 16.2. The highest BCUT2D eigenvalue weighted by Crippen LogP contribution is 2.45. The van der Waals surface area contributed by atoms with E-state index in [9.17, 15) is 41.2 Å². The maximum absolute atomic E-state index is 11.8. The van der Waals surface area contributed by atoms with Gasteiger partial charge in [-0.05, 0) is 29.7 Å². The van der Waals surface area contributed by atoms with Crippen LogP contribution in [0.1, 0.15) is 0 Å². The summed E-state index contributed by atoms with van der Waals surface area (Å²) in [6, 6.07) is 9.72. The number of phenolic OH excluding ortho intramolecular Hbond substituents is 1. The summed E-state index contributed by atoms with van der Waals surface area (Å²) in [7, 11) is -9.94. The fourth-order valence-corrected chi connectivity index (χ4v) is 3.82. The van der Waals surface area contributed by atoms with E-state index in [1.807, 2.05) is 0 Å². The van der Waals surface area contributed by atoms with Crippen LogP contribution < -0.4 is 0 Å². The molecule has 3 rings (SSSR count). The summed E-state index contributed by atoms with van der Waals surface area (Å²) < 4.78 is 65.2. The molecule has 12 nitrogen and oxygen atoms in total. The molecule has 0 spiro atoms. The second-order valence-electron chi connectivity index (χ2n) is 5.86. The number of fused-ring (bicyclic) bond motifs is 1. The van der Waals surface area contributed by atoms with E-state index in [-0.39, 0.29) is 5.69 Å². The van der Waals surface area contributed by atoms with Crippen LogP contribution in [0.2, 0.25) is 0 Å². The first-order valence-electron chi connectivity index (χ1n) is 7.79. The summed E-state index contributed by atoms with van der Waals surface area (Å²) in [5, 5.41) is 28.3. The molecule has 0 radical (unpaired) electrons. The molecule has 0 amide bonds. The van der Waals surface area contributed by atoms with E-state index in [4.69, 9.17) is 0 Å². The number of hydrogen-bond acceptors (Lipinski definition) is 9. The molecule has 0 heterocycles. The summed E-state index contributed by atoms with van der Waals surface area (Å²) in [6.07, 6.45) is 0. The summed E-state index contributed by atoms with van der Waals surface area (Å²) in [5.74, 6) is -1.03. The highest BCUT2D eigenvalue weighted by molar-refractivity contribution is 7.86. The molecule has 3 aromatic rings. The van der Waals surface area contributed by atoms with Gasteiger partial charge >= 0.3 is 0 Å². The normalized spacial score (nSPS) is 12.5. The van der Waals surface area contributed by atoms with Gasteiger partial charge in [-0.25, -0.2) is 0 Å². The average molecular weight is 453 g/mol. The molecule has 0 bridgehead atoms. The van der Waals surface area contributed by atoms with Gasteiger partial charge in [0.05, 0.1) is 10.6 Å². The standard InChI is InChI=1S/C16H11N3O9S2/c20-16-14-9(6-11(29(23,24)25)8-12(14)19(21)22)7-13(30(26,27)28)15(16)18-17-10-4-2-1-3-5-10/h1-8,20H,(H,23,24,25)(H,26,27,28). The van der Waals surface area contributed by atoms with Crippen molar-refractivity contribution in [3.8, 4) is 5.75 Å². The zero-order valence-electron chi connectivity index (χ0n) is 14.6. The first-order chi connectivity index (χ1) is 13.9. The van der Waals surface area contributed by atoms with Gasteiger partial charge in [0.15, 0.2) is 5.75 Å². The van der Waals surface area contributed by atoms with Crippen molar-refractivity contribution in [1.82, 2.24) is 0 Å². The first-order valence-corrected chi connectivity index (χ1v) is 10.7. The number of nitrogens with zero attached hydrogens (tertiary/aromatic N) is 3. The zero-order chi connectivity index (χ0) is 22.3. The van der Waals surface area contributed by atoms with Gasteiger partial charge in [-0.2, -0.15) is 21.9 Å². The van der Waals surface area contributed by atoms with Gasteiger partial charge in [-0.15, -0.1) is 5.11 Å². The highest BCUT2D eigenvalue weighted by Gasteiger charge is 2.28.